The zero-order valence-electron chi connectivity index (χ0n) is 13.4. The molecule has 0 aromatic rings. The van der Waals surface area contributed by atoms with Crippen molar-refractivity contribution in [1.29, 1.82) is 0 Å². The minimum Gasteiger partial charge on any atom is -0.467 e. The molecule has 7 nitrogen and oxygen atoms in total. The number of nitrogens with zero attached hydrogens (tertiary/aromatic N) is 1. The van der Waals surface area contributed by atoms with Crippen molar-refractivity contribution in [2.45, 2.75) is 45.8 Å². The Balaban J connectivity index is 3.04. The van der Waals surface area contributed by atoms with Gasteiger partial charge in [-0.3, -0.25) is 9.59 Å². The lowest BCUT2D eigenvalue weighted by Crippen LogP contribution is -2.46. The number of esters is 1. The molecule has 2 amide bonds. The third-order valence-corrected chi connectivity index (χ3v) is 3.80. The Hall–Kier alpha value is -1.57. The van der Waals surface area contributed by atoms with Gasteiger partial charge in [0.1, 0.15) is 17.6 Å². The fraction of sp³-hybridized carbons (Fsp3) is 0.714. The van der Waals surface area contributed by atoms with Crippen molar-refractivity contribution in [3.05, 3.63) is 0 Å². The molecule has 1 aliphatic rings. The largest absolute Gasteiger partial charge is 0.467 e. The fourth-order valence-corrected chi connectivity index (χ4v) is 2.74. The van der Waals surface area contributed by atoms with E-state index in [0.29, 0.717) is 10.7 Å². The summed E-state index contributed by atoms with van der Waals surface area (Å²) in [6.45, 7) is 6.72. The van der Waals surface area contributed by atoms with Gasteiger partial charge < -0.3 is 9.47 Å². The number of thioether (sulfide) groups is 1. The first-order valence-corrected chi connectivity index (χ1v) is 7.91. The summed E-state index contributed by atoms with van der Waals surface area (Å²) < 4.78 is 9.77. The minimum absolute atomic E-state index is 0.0728. The van der Waals surface area contributed by atoms with Crippen molar-refractivity contribution in [3.8, 4) is 0 Å². The van der Waals surface area contributed by atoms with E-state index in [4.69, 9.17) is 4.74 Å². The lowest BCUT2D eigenvalue weighted by molar-refractivity contribution is -0.149. The summed E-state index contributed by atoms with van der Waals surface area (Å²) in [5.41, 5.74) is -0.821. The van der Waals surface area contributed by atoms with Crippen molar-refractivity contribution in [1.82, 2.24) is 4.90 Å². The lowest BCUT2D eigenvalue weighted by atomic mass is 10.1. The number of hydrogen-bond donors (Lipinski definition) is 0. The number of ether oxygens (including phenoxy) is 2. The molecule has 1 rings (SSSR count). The molecule has 0 N–H and O–H groups in total. The van der Waals surface area contributed by atoms with Gasteiger partial charge in [-0.1, -0.05) is 18.7 Å². The number of rotatable bonds is 3. The first-order valence-electron chi connectivity index (χ1n) is 6.92. The van der Waals surface area contributed by atoms with Gasteiger partial charge in [-0.25, -0.2) is 14.5 Å². The van der Waals surface area contributed by atoms with Gasteiger partial charge >= 0.3 is 12.1 Å². The Morgan fingerprint density at radius 2 is 1.91 bits per heavy atom. The van der Waals surface area contributed by atoms with Gasteiger partial charge in [-0.15, -0.1) is 0 Å². The van der Waals surface area contributed by atoms with Crippen LogP contribution in [0.5, 0.6) is 0 Å². The molecule has 8 heteroatoms. The zero-order valence-corrected chi connectivity index (χ0v) is 14.2. The van der Waals surface area contributed by atoms with Gasteiger partial charge in [0, 0.05) is 0 Å². The zero-order chi connectivity index (χ0) is 17.1. The van der Waals surface area contributed by atoms with Crippen LogP contribution in [0.4, 0.5) is 4.79 Å². The number of likely N-dealkylation sites (tertiary alicyclic amines) is 1. The van der Waals surface area contributed by atoms with Gasteiger partial charge in [0.25, 0.3) is 0 Å². The first-order chi connectivity index (χ1) is 10.1. The first kappa shape index (κ1) is 18.5. The number of hydrogen-bond acceptors (Lipinski definition) is 7. The molecule has 0 aliphatic carbocycles. The number of carbonyl (C=O) groups excluding carboxylic acids is 4. The van der Waals surface area contributed by atoms with E-state index in [-0.39, 0.29) is 11.5 Å². The molecule has 124 valence electrons. The predicted octanol–water partition coefficient (Wildman–Crippen LogP) is 1.59. The Morgan fingerprint density at radius 3 is 2.36 bits per heavy atom. The minimum atomic E-state index is -1.13. The summed E-state index contributed by atoms with van der Waals surface area (Å²) in [6, 6.07) is -1.13. The Kier molecular flexibility index (Phi) is 5.99. The Bertz CT molecular complexity index is 484. The molecule has 1 saturated heterocycles. The van der Waals surface area contributed by atoms with Crippen LogP contribution in [0.2, 0.25) is 0 Å². The molecule has 1 fully saturated rings. The van der Waals surface area contributed by atoms with E-state index < -0.39 is 35.5 Å². The van der Waals surface area contributed by atoms with E-state index in [1.807, 2.05) is 0 Å². The highest BCUT2D eigenvalue weighted by molar-refractivity contribution is 8.13. The summed E-state index contributed by atoms with van der Waals surface area (Å²) >= 11 is 0.990. The molecular weight excluding hydrogens is 310 g/mol. The highest BCUT2D eigenvalue weighted by Crippen LogP contribution is 2.31. The second-order valence-electron chi connectivity index (χ2n) is 5.77. The quantitative estimate of drug-likeness (QED) is 0.573. The highest BCUT2D eigenvalue weighted by atomic mass is 32.2. The Morgan fingerprint density at radius 1 is 1.32 bits per heavy atom. The van der Waals surface area contributed by atoms with E-state index in [1.165, 1.54) is 0 Å². The molecule has 0 saturated carbocycles. The van der Waals surface area contributed by atoms with E-state index >= 15 is 0 Å². The molecule has 0 spiro atoms. The summed E-state index contributed by atoms with van der Waals surface area (Å²) in [4.78, 5) is 49.1. The van der Waals surface area contributed by atoms with E-state index in [0.717, 1.165) is 18.9 Å². The standard InChI is InChI=1S/C14H21NO6S/c1-6-22-12(18)8-7-9(11(17)20-5)15(10(8)16)13(19)21-14(2,3)4/h8-9H,6-7H2,1-5H3/t8?,9-/m1/s1. The lowest BCUT2D eigenvalue weighted by Gasteiger charge is -2.26. The molecule has 2 atom stereocenters. The predicted molar refractivity (Wildman–Crippen MR) is 80.1 cm³/mol. The van der Waals surface area contributed by atoms with Crippen LogP contribution in [0.25, 0.3) is 0 Å². The van der Waals surface area contributed by atoms with Crippen molar-refractivity contribution >= 4 is 34.8 Å². The van der Waals surface area contributed by atoms with Crippen LogP contribution in [0.1, 0.15) is 34.1 Å². The van der Waals surface area contributed by atoms with Crippen LogP contribution in [-0.2, 0) is 23.9 Å². The molecule has 0 radical (unpaired) electrons. The third-order valence-electron chi connectivity index (χ3n) is 2.94. The topological polar surface area (TPSA) is 90.0 Å². The fourth-order valence-electron chi connectivity index (χ4n) is 2.06. The number of carbonyl (C=O) groups is 4. The maximum Gasteiger partial charge on any atom is 0.417 e. The van der Waals surface area contributed by atoms with E-state index in [2.05, 4.69) is 4.74 Å². The maximum atomic E-state index is 12.4. The molecule has 22 heavy (non-hydrogen) atoms. The average molecular weight is 331 g/mol. The number of amides is 2. The molecule has 0 bridgehead atoms. The molecule has 0 aromatic carbocycles. The highest BCUT2D eigenvalue weighted by Gasteiger charge is 2.51. The van der Waals surface area contributed by atoms with Crippen LogP contribution in [0, 0.1) is 5.92 Å². The van der Waals surface area contributed by atoms with Crippen molar-refractivity contribution in [2.24, 2.45) is 5.92 Å². The number of imide groups is 1. The van der Waals surface area contributed by atoms with Gasteiger partial charge in [0.05, 0.1) is 7.11 Å². The second kappa shape index (κ2) is 7.13. The summed E-state index contributed by atoms with van der Waals surface area (Å²) in [6.07, 6.45) is -1.01. The normalized spacial score (nSPS) is 21.7. The van der Waals surface area contributed by atoms with Crippen LogP contribution >= 0.6 is 11.8 Å². The third kappa shape index (κ3) is 4.22. The summed E-state index contributed by atoms with van der Waals surface area (Å²) in [5, 5.41) is -0.354. The van der Waals surface area contributed by atoms with Gasteiger partial charge in [-0.2, -0.15) is 0 Å². The average Bonchev–Trinajstić information content (AvgIpc) is 2.74. The van der Waals surface area contributed by atoms with Crippen LogP contribution < -0.4 is 0 Å². The van der Waals surface area contributed by atoms with Crippen LogP contribution in [-0.4, -0.2) is 52.5 Å². The van der Waals surface area contributed by atoms with E-state index in [9.17, 15) is 19.2 Å². The van der Waals surface area contributed by atoms with Crippen LogP contribution in [0.3, 0.4) is 0 Å². The summed E-state index contributed by atoms with van der Waals surface area (Å²) in [5.74, 6) is -1.97. The monoisotopic (exact) mass is 331 g/mol. The molecule has 1 aliphatic heterocycles. The summed E-state index contributed by atoms with van der Waals surface area (Å²) in [7, 11) is 1.16. The van der Waals surface area contributed by atoms with Gasteiger partial charge in [-0.05, 0) is 32.9 Å². The van der Waals surface area contributed by atoms with Gasteiger partial charge in [0.2, 0.25) is 11.0 Å². The van der Waals surface area contributed by atoms with Crippen LogP contribution in [0.15, 0.2) is 0 Å². The maximum absolute atomic E-state index is 12.4. The van der Waals surface area contributed by atoms with Gasteiger partial charge in [0.15, 0.2) is 0 Å². The molecular formula is C14H21NO6S. The Labute approximate surface area is 133 Å². The number of methoxy groups -OCH3 is 1. The molecule has 1 unspecified atom stereocenters. The smallest absolute Gasteiger partial charge is 0.417 e. The molecule has 0 aromatic heterocycles. The second-order valence-corrected chi connectivity index (χ2v) is 7.04. The van der Waals surface area contributed by atoms with Crippen molar-refractivity contribution in [3.63, 3.8) is 0 Å². The SMILES string of the molecule is CCSC(=O)C1C[C@H](C(=O)OC)N(C(=O)OC(C)(C)C)C1=O. The van der Waals surface area contributed by atoms with Crippen molar-refractivity contribution in [2.75, 3.05) is 12.9 Å². The molecule has 1 heterocycles. The van der Waals surface area contributed by atoms with E-state index in [1.54, 1.807) is 27.7 Å². The van der Waals surface area contributed by atoms with Crippen molar-refractivity contribution < 1.29 is 28.7 Å².